The Hall–Kier alpha value is -1.51. The van der Waals surface area contributed by atoms with Crippen molar-refractivity contribution in [2.24, 2.45) is 5.92 Å². The number of hydrogen-bond acceptors (Lipinski definition) is 3. The smallest absolute Gasteiger partial charge is 0.166 e. The normalized spacial score (nSPS) is 13.6. The molecule has 0 heterocycles. The Labute approximate surface area is 97.1 Å². The van der Waals surface area contributed by atoms with Crippen LogP contribution in [0.1, 0.15) is 27.2 Å². The van der Waals surface area contributed by atoms with Gasteiger partial charge in [-0.2, -0.15) is 0 Å². The summed E-state index contributed by atoms with van der Waals surface area (Å²) in [5, 5.41) is 8.95. The molecule has 1 N–H and O–H groups in total. The summed E-state index contributed by atoms with van der Waals surface area (Å²) in [6, 6.07) is 0. The van der Waals surface area contributed by atoms with E-state index in [1.807, 2.05) is 13.8 Å². The van der Waals surface area contributed by atoms with Gasteiger partial charge < -0.3 is 9.84 Å². The lowest BCUT2D eigenvalue weighted by Crippen LogP contribution is -2.05. The number of aliphatic hydroxyl groups excluding tert-OH is 1. The van der Waals surface area contributed by atoms with E-state index in [1.165, 1.54) is 19.4 Å². The molecule has 16 heavy (non-hydrogen) atoms. The van der Waals surface area contributed by atoms with E-state index in [0.717, 1.165) is 0 Å². The van der Waals surface area contributed by atoms with Crippen LogP contribution in [0, 0.1) is 5.92 Å². The molecule has 0 aliphatic carbocycles. The maximum Gasteiger partial charge on any atom is 0.166 e. The van der Waals surface area contributed by atoms with Gasteiger partial charge in [-0.3, -0.25) is 4.79 Å². The summed E-state index contributed by atoms with van der Waals surface area (Å²) in [6.07, 6.45) is 6.68. The predicted octanol–water partition coefficient (Wildman–Crippen LogP) is 3.15. The summed E-state index contributed by atoms with van der Waals surface area (Å²) in [7, 11) is 1.50. The quantitative estimate of drug-likeness (QED) is 0.428. The lowest BCUT2D eigenvalue weighted by molar-refractivity contribution is -0.116. The number of aliphatic hydroxyl groups is 1. The Balaban J connectivity index is 4.63. The Morgan fingerprint density at radius 1 is 1.44 bits per heavy atom. The largest absolute Gasteiger partial charge is 0.513 e. The molecule has 0 bridgehead atoms. The first-order valence-electron chi connectivity index (χ1n) is 5.27. The second-order valence-corrected chi connectivity index (χ2v) is 4.00. The molecule has 0 fully saturated rings. The van der Waals surface area contributed by atoms with Crippen LogP contribution >= 0.6 is 0 Å². The Morgan fingerprint density at radius 2 is 2.06 bits per heavy atom. The standard InChI is InChI=1S/C13H20O3/c1-10(2)8-13(15)12(9-16-4)7-5-6-11(3)14/h5-7,9-10,14H,8H2,1-4H3/b7-5-,11-6+,12-9-. The van der Waals surface area contributed by atoms with Gasteiger partial charge in [0.25, 0.3) is 0 Å². The van der Waals surface area contributed by atoms with Crippen molar-refractivity contribution in [1.29, 1.82) is 0 Å². The molecule has 0 atom stereocenters. The number of carbonyl (C=O) groups is 1. The molecule has 0 saturated heterocycles. The van der Waals surface area contributed by atoms with E-state index in [1.54, 1.807) is 19.1 Å². The van der Waals surface area contributed by atoms with Crippen LogP contribution in [0.5, 0.6) is 0 Å². The minimum absolute atomic E-state index is 0.0390. The molecule has 0 rings (SSSR count). The van der Waals surface area contributed by atoms with E-state index in [9.17, 15) is 4.79 Å². The average Bonchev–Trinajstić information content (AvgIpc) is 2.14. The zero-order chi connectivity index (χ0) is 12.6. The summed E-state index contributed by atoms with van der Waals surface area (Å²) in [6.45, 7) is 5.55. The van der Waals surface area contributed by atoms with E-state index in [0.29, 0.717) is 17.9 Å². The first-order chi connectivity index (χ1) is 7.47. The van der Waals surface area contributed by atoms with Crippen molar-refractivity contribution in [3.63, 3.8) is 0 Å². The van der Waals surface area contributed by atoms with Crippen molar-refractivity contribution < 1.29 is 14.6 Å². The molecule has 0 spiro atoms. The molecular weight excluding hydrogens is 204 g/mol. The second kappa shape index (κ2) is 7.74. The van der Waals surface area contributed by atoms with Crippen molar-refractivity contribution in [3.8, 4) is 0 Å². The fourth-order valence-corrected chi connectivity index (χ4v) is 1.10. The maximum atomic E-state index is 11.7. The summed E-state index contributed by atoms with van der Waals surface area (Å²) in [5.41, 5.74) is 0.508. The monoisotopic (exact) mass is 224 g/mol. The fraction of sp³-hybridized carbons (Fsp3) is 0.462. The number of ketones is 1. The molecule has 0 aliphatic heterocycles. The van der Waals surface area contributed by atoms with E-state index in [4.69, 9.17) is 9.84 Å². The molecule has 0 unspecified atom stereocenters. The first-order valence-corrected chi connectivity index (χ1v) is 5.27. The highest BCUT2D eigenvalue weighted by Crippen LogP contribution is 2.09. The SMILES string of the molecule is CO/C=C(/C=C\C=C(/C)O)C(=O)CC(C)C. The van der Waals surface area contributed by atoms with Gasteiger partial charge in [-0.1, -0.05) is 19.9 Å². The Bertz CT molecular complexity index is 305. The van der Waals surface area contributed by atoms with Crippen LogP contribution in [-0.2, 0) is 9.53 Å². The van der Waals surface area contributed by atoms with E-state index < -0.39 is 0 Å². The zero-order valence-electron chi connectivity index (χ0n) is 10.4. The van der Waals surface area contributed by atoms with E-state index in [2.05, 4.69) is 0 Å². The van der Waals surface area contributed by atoms with Crippen molar-refractivity contribution in [1.82, 2.24) is 0 Å². The van der Waals surface area contributed by atoms with Crippen molar-refractivity contribution in [2.45, 2.75) is 27.2 Å². The molecule has 0 aromatic carbocycles. The number of ether oxygens (including phenoxy) is 1. The molecule has 3 nitrogen and oxygen atoms in total. The molecule has 0 aromatic rings. The number of rotatable bonds is 6. The van der Waals surface area contributed by atoms with Crippen molar-refractivity contribution in [3.05, 3.63) is 35.8 Å². The van der Waals surface area contributed by atoms with Gasteiger partial charge in [-0.15, -0.1) is 0 Å². The highest BCUT2D eigenvalue weighted by molar-refractivity contribution is 5.97. The van der Waals surface area contributed by atoms with Crippen LogP contribution < -0.4 is 0 Å². The van der Waals surface area contributed by atoms with E-state index >= 15 is 0 Å². The van der Waals surface area contributed by atoms with Crippen LogP contribution in [-0.4, -0.2) is 18.0 Å². The van der Waals surface area contributed by atoms with Gasteiger partial charge in [-0.05, 0) is 25.0 Å². The predicted molar refractivity (Wildman–Crippen MR) is 65.1 cm³/mol. The van der Waals surface area contributed by atoms with Gasteiger partial charge in [0.2, 0.25) is 0 Å². The van der Waals surface area contributed by atoms with Crippen LogP contribution in [0.3, 0.4) is 0 Å². The topological polar surface area (TPSA) is 46.5 Å². The molecule has 0 aliphatic rings. The third-order valence-electron chi connectivity index (χ3n) is 1.77. The van der Waals surface area contributed by atoms with Crippen LogP contribution in [0.4, 0.5) is 0 Å². The number of allylic oxidation sites excluding steroid dienone is 5. The summed E-state index contributed by atoms with van der Waals surface area (Å²) in [4.78, 5) is 11.7. The highest BCUT2D eigenvalue weighted by Gasteiger charge is 2.08. The molecule has 90 valence electrons. The number of Topliss-reactive ketones (excluding diaryl/α,β-unsaturated/α-hetero) is 1. The maximum absolute atomic E-state index is 11.7. The van der Waals surface area contributed by atoms with E-state index in [-0.39, 0.29) is 11.5 Å². The lowest BCUT2D eigenvalue weighted by Gasteiger charge is -2.04. The fourth-order valence-electron chi connectivity index (χ4n) is 1.10. The van der Waals surface area contributed by atoms with Gasteiger partial charge in [0.15, 0.2) is 5.78 Å². The number of carbonyl (C=O) groups excluding carboxylic acids is 1. The highest BCUT2D eigenvalue weighted by atomic mass is 16.5. The molecular formula is C13H20O3. The minimum Gasteiger partial charge on any atom is -0.513 e. The van der Waals surface area contributed by atoms with Crippen LogP contribution in [0.2, 0.25) is 0 Å². The molecule has 3 heteroatoms. The number of methoxy groups -OCH3 is 1. The number of hydrogen-bond donors (Lipinski definition) is 1. The Kier molecular flexibility index (Phi) is 7.01. The van der Waals surface area contributed by atoms with Crippen molar-refractivity contribution in [2.75, 3.05) is 7.11 Å². The van der Waals surface area contributed by atoms with Gasteiger partial charge in [-0.25, -0.2) is 0 Å². The lowest BCUT2D eigenvalue weighted by atomic mass is 10.0. The molecule has 0 aromatic heterocycles. The van der Waals surface area contributed by atoms with Gasteiger partial charge in [0, 0.05) is 6.42 Å². The average molecular weight is 224 g/mol. The van der Waals surface area contributed by atoms with Crippen molar-refractivity contribution >= 4 is 5.78 Å². The zero-order valence-corrected chi connectivity index (χ0v) is 10.4. The summed E-state index contributed by atoms with van der Waals surface area (Å²) < 4.78 is 4.85. The third-order valence-corrected chi connectivity index (χ3v) is 1.77. The minimum atomic E-state index is 0.0390. The van der Waals surface area contributed by atoms with Gasteiger partial charge in [0.1, 0.15) is 0 Å². The summed E-state index contributed by atoms with van der Waals surface area (Å²) in [5.74, 6) is 0.553. The van der Waals surface area contributed by atoms with Crippen LogP contribution in [0.15, 0.2) is 35.8 Å². The molecule has 0 amide bonds. The molecule has 0 saturated carbocycles. The first kappa shape index (κ1) is 14.5. The Morgan fingerprint density at radius 3 is 2.50 bits per heavy atom. The molecule has 0 radical (unpaired) electrons. The van der Waals surface area contributed by atoms with Gasteiger partial charge >= 0.3 is 0 Å². The summed E-state index contributed by atoms with van der Waals surface area (Å²) >= 11 is 0. The van der Waals surface area contributed by atoms with Gasteiger partial charge in [0.05, 0.1) is 24.7 Å². The second-order valence-electron chi connectivity index (χ2n) is 4.00. The van der Waals surface area contributed by atoms with Crippen LogP contribution in [0.25, 0.3) is 0 Å². The third kappa shape index (κ3) is 6.87.